The van der Waals surface area contributed by atoms with Gasteiger partial charge in [-0.3, -0.25) is 14.9 Å². The molecule has 5 N–H and O–H groups in total. The molecular formula is C15H29N5O3S. The number of nitrogens with two attached hydrogens (primary N) is 1. The summed E-state index contributed by atoms with van der Waals surface area (Å²) in [7, 11) is 1.46. The lowest BCUT2D eigenvalue weighted by Gasteiger charge is -2.25. The van der Waals surface area contributed by atoms with Crippen LogP contribution in [0.2, 0.25) is 0 Å². The molecule has 0 aliphatic carbocycles. The first kappa shape index (κ1) is 20.9. The molecule has 2 amide bonds. The highest BCUT2D eigenvalue weighted by Gasteiger charge is 2.34. The summed E-state index contributed by atoms with van der Waals surface area (Å²) in [5.74, 6) is -1.11. The van der Waals surface area contributed by atoms with Crippen LogP contribution in [0.5, 0.6) is 0 Å². The Bertz CT molecular complexity index is 460. The topological polar surface area (TPSA) is 118 Å². The van der Waals surface area contributed by atoms with Crippen LogP contribution in [0, 0.1) is 11.8 Å². The van der Waals surface area contributed by atoms with Gasteiger partial charge in [0.25, 0.3) is 0 Å². The molecule has 0 aromatic heterocycles. The van der Waals surface area contributed by atoms with Crippen LogP contribution in [-0.2, 0) is 14.3 Å². The van der Waals surface area contributed by atoms with Crippen LogP contribution in [0.25, 0.3) is 0 Å². The summed E-state index contributed by atoms with van der Waals surface area (Å²) < 4.78 is 8.05. The highest BCUT2D eigenvalue weighted by molar-refractivity contribution is 8.10. The van der Waals surface area contributed by atoms with Crippen molar-refractivity contribution in [2.24, 2.45) is 22.6 Å². The first-order valence-corrected chi connectivity index (χ1v) is 9.02. The van der Waals surface area contributed by atoms with E-state index in [1.54, 1.807) is 5.55 Å². The van der Waals surface area contributed by atoms with Crippen molar-refractivity contribution in [2.45, 2.75) is 52.0 Å². The maximum Gasteiger partial charge on any atom is 0.312 e. The number of hydrogen-bond acceptors (Lipinski definition) is 7. The van der Waals surface area contributed by atoms with Gasteiger partial charge in [-0.15, -0.1) is 0 Å². The zero-order chi connectivity index (χ0) is 18.2. The quantitative estimate of drug-likeness (QED) is 0.334. The van der Waals surface area contributed by atoms with Gasteiger partial charge in [0.1, 0.15) is 0 Å². The van der Waals surface area contributed by atoms with Gasteiger partial charge in [0.2, 0.25) is 11.8 Å². The van der Waals surface area contributed by atoms with E-state index in [0.29, 0.717) is 18.9 Å². The lowest BCUT2D eigenvalue weighted by Crippen LogP contribution is -2.55. The summed E-state index contributed by atoms with van der Waals surface area (Å²) in [4.78, 5) is 28.1. The fourth-order valence-corrected chi connectivity index (χ4v) is 2.83. The van der Waals surface area contributed by atoms with Crippen molar-refractivity contribution < 1.29 is 14.3 Å². The van der Waals surface area contributed by atoms with E-state index >= 15 is 0 Å². The van der Waals surface area contributed by atoms with Crippen LogP contribution in [0.15, 0.2) is 4.99 Å². The minimum atomic E-state index is -1.21. The monoisotopic (exact) mass is 359 g/mol. The van der Waals surface area contributed by atoms with Gasteiger partial charge in [-0.2, -0.15) is 4.72 Å². The molecule has 0 saturated heterocycles. The minimum absolute atomic E-state index is 0.0391. The molecule has 1 heterocycles. The van der Waals surface area contributed by atoms with Gasteiger partial charge in [0, 0.05) is 20.1 Å². The van der Waals surface area contributed by atoms with Gasteiger partial charge < -0.3 is 15.8 Å². The molecule has 0 radical (unpaired) electrons. The molecular weight excluding hydrogens is 330 g/mol. The van der Waals surface area contributed by atoms with Gasteiger partial charge in [-0.25, -0.2) is 4.99 Å². The lowest BCUT2D eigenvalue weighted by atomic mass is 9.98. The number of amides is 2. The molecule has 9 heteroatoms. The fraction of sp³-hybridized carbons (Fsp3) is 0.800. The Morgan fingerprint density at radius 3 is 2.67 bits per heavy atom. The van der Waals surface area contributed by atoms with E-state index in [0.717, 1.165) is 6.42 Å². The van der Waals surface area contributed by atoms with Crippen molar-refractivity contribution in [3.05, 3.63) is 0 Å². The Balaban J connectivity index is 2.33. The Morgan fingerprint density at radius 2 is 2.12 bits per heavy atom. The second-order valence-corrected chi connectivity index (χ2v) is 7.13. The largest absolute Gasteiger partial charge is 0.355 e. The molecule has 138 valence electrons. The third-order valence-electron chi connectivity index (χ3n) is 3.64. The van der Waals surface area contributed by atoms with Crippen molar-refractivity contribution in [1.29, 1.82) is 0 Å². The maximum absolute atomic E-state index is 12.1. The van der Waals surface area contributed by atoms with E-state index in [2.05, 4.69) is 34.2 Å². The average Bonchev–Trinajstić information content (AvgIpc) is 2.95. The molecule has 0 bridgehead atoms. The van der Waals surface area contributed by atoms with Gasteiger partial charge >= 0.3 is 5.97 Å². The van der Waals surface area contributed by atoms with Crippen LogP contribution in [0.4, 0.5) is 0 Å². The van der Waals surface area contributed by atoms with Crippen molar-refractivity contribution in [3.8, 4) is 0 Å². The number of aliphatic imine (C=N–C) groups is 1. The summed E-state index contributed by atoms with van der Waals surface area (Å²) in [6.07, 6.45) is 1.59. The van der Waals surface area contributed by atoms with Crippen LogP contribution in [0.3, 0.4) is 0 Å². The Kier molecular flexibility index (Phi) is 8.68. The number of nitrogens with zero attached hydrogens (tertiary/aromatic N) is 1. The van der Waals surface area contributed by atoms with Crippen molar-refractivity contribution in [2.75, 3.05) is 13.7 Å². The van der Waals surface area contributed by atoms with Gasteiger partial charge in [-0.1, -0.05) is 20.8 Å². The van der Waals surface area contributed by atoms with E-state index < -0.39 is 12.0 Å². The van der Waals surface area contributed by atoms with E-state index in [9.17, 15) is 9.59 Å². The third kappa shape index (κ3) is 7.16. The highest BCUT2D eigenvalue weighted by atomic mass is 32.2. The number of hydrogen-bond donors (Lipinski definition) is 4. The third-order valence-corrected chi connectivity index (χ3v) is 4.24. The summed E-state index contributed by atoms with van der Waals surface area (Å²) in [5.41, 5.74) is 7.48. The number of nitrogens with one attached hydrogen (secondary N) is 3. The molecule has 0 aromatic carbocycles. The first-order chi connectivity index (χ1) is 11.3. The molecule has 1 rings (SSSR count). The van der Waals surface area contributed by atoms with Gasteiger partial charge in [-0.05, 0) is 36.6 Å². The summed E-state index contributed by atoms with van der Waals surface area (Å²) >= 11 is 1.24. The highest BCUT2D eigenvalue weighted by Crippen LogP contribution is 2.17. The molecule has 24 heavy (non-hydrogen) atoms. The number of ether oxygens (including phenoxy) is 1. The van der Waals surface area contributed by atoms with E-state index in [1.165, 1.54) is 19.1 Å². The van der Waals surface area contributed by atoms with Crippen LogP contribution in [0.1, 0.15) is 40.0 Å². The summed E-state index contributed by atoms with van der Waals surface area (Å²) in [6, 6.07) is -0.616. The molecule has 3 atom stereocenters. The Labute approximate surface area is 147 Å². The minimum Gasteiger partial charge on any atom is -0.355 e. The van der Waals surface area contributed by atoms with Gasteiger partial charge in [0.05, 0.1) is 11.6 Å². The molecule has 0 fully saturated rings. The molecule has 1 aliphatic rings. The molecule has 0 saturated carbocycles. The van der Waals surface area contributed by atoms with Gasteiger partial charge in [0.15, 0.2) is 0 Å². The predicted octanol–water partition coefficient (Wildman–Crippen LogP) is 0.546. The fourth-order valence-electron chi connectivity index (χ4n) is 2.23. The lowest BCUT2D eigenvalue weighted by molar-refractivity contribution is -0.132. The number of rotatable bonds is 10. The number of methoxy groups -OCH3 is 1. The second kappa shape index (κ2) is 9.97. The molecule has 0 aromatic rings. The zero-order valence-corrected chi connectivity index (χ0v) is 15.6. The Morgan fingerprint density at radius 1 is 1.42 bits per heavy atom. The van der Waals surface area contributed by atoms with E-state index in [-0.39, 0.29) is 24.2 Å². The molecule has 0 spiro atoms. The zero-order valence-electron chi connectivity index (χ0n) is 14.8. The van der Waals surface area contributed by atoms with Crippen LogP contribution >= 0.6 is 11.9 Å². The second-order valence-electron chi connectivity index (χ2n) is 6.48. The molecule has 3 unspecified atom stereocenters. The summed E-state index contributed by atoms with van der Waals surface area (Å²) in [6.45, 7) is 6.71. The van der Waals surface area contributed by atoms with Crippen molar-refractivity contribution >= 4 is 29.3 Å². The summed E-state index contributed by atoms with van der Waals surface area (Å²) in [5, 5.41) is 5.52. The average molecular weight is 359 g/mol. The smallest absolute Gasteiger partial charge is 0.312 e. The SMILES string of the molecule is COC1(NC(=O)CC(C)CC(N)C(=O)NCCC(C)C)N=CSN1. The number of carbonyl (C=O) groups excluding carboxylic acids is 2. The van der Waals surface area contributed by atoms with Crippen molar-refractivity contribution in [3.63, 3.8) is 0 Å². The first-order valence-electron chi connectivity index (χ1n) is 8.14. The van der Waals surface area contributed by atoms with E-state index in [4.69, 9.17) is 10.5 Å². The Hall–Kier alpha value is -1.16. The number of carbonyl (C=O) groups is 2. The maximum atomic E-state index is 12.1. The van der Waals surface area contributed by atoms with Crippen LogP contribution in [-0.4, -0.2) is 43.0 Å². The van der Waals surface area contributed by atoms with Crippen LogP contribution < -0.4 is 21.1 Å². The standard InChI is InChI=1S/C15H29N5O3S/c1-10(2)5-6-17-14(22)12(16)7-11(3)8-13(21)19-15(23-4)18-9-24-20-15/h9-12,20H,5-8,16H2,1-4H3,(H,17,22)(H,19,21). The molecule has 8 nitrogen and oxygen atoms in total. The van der Waals surface area contributed by atoms with Crippen molar-refractivity contribution in [1.82, 2.24) is 15.4 Å². The molecule has 1 aliphatic heterocycles. The normalized spacial score (nSPS) is 22.4. The predicted molar refractivity (Wildman–Crippen MR) is 95.9 cm³/mol. The van der Waals surface area contributed by atoms with E-state index in [1.807, 2.05) is 6.92 Å².